The minimum Gasteiger partial charge on any atom is -0.355 e. The summed E-state index contributed by atoms with van der Waals surface area (Å²) in [5.74, 6) is 3.59. The van der Waals surface area contributed by atoms with E-state index in [2.05, 4.69) is 28.1 Å². The fourth-order valence-electron chi connectivity index (χ4n) is 1.54. The lowest BCUT2D eigenvalue weighted by Gasteiger charge is -2.12. The van der Waals surface area contributed by atoms with Crippen molar-refractivity contribution in [3.63, 3.8) is 0 Å². The van der Waals surface area contributed by atoms with Crippen LogP contribution in [0.3, 0.4) is 0 Å². The van der Waals surface area contributed by atoms with Gasteiger partial charge < -0.3 is 5.32 Å². The highest BCUT2D eigenvalue weighted by molar-refractivity contribution is 7.17. The number of aromatic nitrogens is 2. The van der Waals surface area contributed by atoms with Gasteiger partial charge in [0.1, 0.15) is 12.1 Å². The molecule has 1 N–H and O–H groups in total. The first-order valence-corrected chi connectivity index (χ1v) is 6.14. The zero-order valence-electron chi connectivity index (χ0n) is 9.10. The molecule has 0 bridgehead atoms. The molecule has 0 aromatic carbocycles. The van der Waals surface area contributed by atoms with Gasteiger partial charge in [-0.2, -0.15) is 0 Å². The van der Waals surface area contributed by atoms with Crippen LogP contribution in [0.4, 0.5) is 5.82 Å². The van der Waals surface area contributed by atoms with Gasteiger partial charge in [0.25, 0.3) is 0 Å². The first-order chi connectivity index (χ1) is 7.85. The van der Waals surface area contributed by atoms with E-state index in [-0.39, 0.29) is 6.04 Å². The highest BCUT2D eigenvalue weighted by Crippen LogP contribution is 2.25. The Balaban J connectivity index is 2.26. The molecular weight excluding hydrogens is 218 g/mol. The standard InChI is InChI=1S/C12H13N3S/c1-3-5-9(4-2)15-12-11-10(6-7-16-11)13-8-14-12/h2,6-9H,3,5H2,1H3,(H,13,14,15). The zero-order chi connectivity index (χ0) is 11.4. The zero-order valence-corrected chi connectivity index (χ0v) is 9.92. The monoisotopic (exact) mass is 231 g/mol. The van der Waals surface area contributed by atoms with Gasteiger partial charge in [-0.3, -0.25) is 0 Å². The summed E-state index contributed by atoms with van der Waals surface area (Å²) in [6.45, 7) is 2.12. The number of rotatable bonds is 4. The van der Waals surface area contributed by atoms with Crippen molar-refractivity contribution in [2.75, 3.05) is 5.32 Å². The van der Waals surface area contributed by atoms with Crippen molar-refractivity contribution in [3.05, 3.63) is 17.8 Å². The second kappa shape index (κ2) is 4.95. The Morgan fingerprint density at radius 1 is 1.56 bits per heavy atom. The molecule has 0 spiro atoms. The molecule has 2 heterocycles. The summed E-state index contributed by atoms with van der Waals surface area (Å²) in [6.07, 6.45) is 9.05. The first kappa shape index (κ1) is 10.9. The fraction of sp³-hybridized carbons (Fsp3) is 0.333. The molecule has 1 atom stereocenters. The molecule has 0 saturated heterocycles. The van der Waals surface area contributed by atoms with E-state index in [1.807, 2.05) is 11.4 Å². The Labute approximate surface area is 98.9 Å². The molecule has 0 saturated carbocycles. The Hall–Kier alpha value is -1.60. The average Bonchev–Trinajstić information content (AvgIpc) is 2.77. The first-order valence-electron chi connectivity index (χ1n) is 5.26. The average molecular weight is 231 g/mol. The van der Waals surface area contributed by atoms with Crippen LogP contribution in [0.5, 0.6) is 0 Å². The number of fused-ring (bicyclic) bond motifs is 1. The third-order valence-electron chi connectivity index (χ3n) is 2.33. The summed E-state index contributed by atoms with van der Waals surface area (Å²) >= 11 is 1.63. The summed E-state index contributed by atoms with van der Waals surface area (Å²) in [5, 5.41) is 5.29. The lowest BCUT2D eigenvalue weighted by Crippen LogP contribution is -2.17. The molecule has 4 heteroatoms. The van der Waals surface area contributed by atoms with Crippen molar-refractivity contribution >= 4 is 27.4 Å². The smallest absolute Gasteiger partial charge is 0.148 e. The molecule has 2 aromatic heterocycles. The van der Waals surface area contributed by atoms with Crippen LogP contribution in [0.1, 0.15) is 19.8 Å². The Kier molecular flexibility index (Phi) is 3.37. The van der Waals surface area contributed by atoms with Gasteiger partial charge in [0.15, 0.2) is 0 Å². The summed E-state index contributed by atoms with van der Waals surface area (Å²) < 4.78 is 1.07. The van der Waals surface area contributed by atoms with E-state index in [0.717, 1.165) is 28.9 Å². The van der Waals surface area contributed by atoms with Gasteiger partial charge in [0.2, 0.25) is 0 Å². The van der Waals surface area contributed by atoms with E-state index in [1.165, 1.54) is 0 Å². The maximum atomic E-state index is 5.47. The number of terminal acetylenes is 1. The van der Waals surface area contributed by atoms with E-state index in [4.69, 9.17) is 6.42 Å². The topological polar surface area (TPSA) is 37.8 Å². The van der Waals surface area contributed by atoms with Gasteiger partial charge in [-0.05, 0) is 17.9 Å². The fourth-order valence-corrected chi connectivity index (χ4v) is 2.34. The summed E-state index contributed by atoms with van der Waals surface area (Å²) in [4.78, 5) is 8.43. The van der Waals surface area contributed by atoms with Crippen molar-refractivity contribution in [1.29, 1.82) is 0 Å². The molecule has 0 amide bonds. The molecule has 82 valence electrons. The third-order valence-corrected chi connectivity index (χ3v) is 3.24. The second-order valence-electron chi connectivity index (χ2n) is 3.51. The van der Waals surface area contributed by atoms with Crippen LogP contribution in [0, 0.1) is 12.3 Å². The van der Waals surface area contributed by atoms with Gasteiger partial charge in [-0.1, -0.05) is 19.3 Å². The number of hydrogen-bond acceptors (Lipinski definition) is 4. The van der Waals surface area contributed by atoms with E-state index in [1.54, 1.807) is 17.7 Å². The largest absolute Gasteiger partial charge is 0.355 e. The minimum absolute atomic E-state index is 0.0465. The van der Waals surface area contributed by atoms with Gasteiger partial charge in [-0.25, -0.2) is 9.97 Å². The number of hydrogen-bond donors (Lipinski definition) is 1. The Morgan fingerprint density at radius 3 is 3.19 bits per heavy atom. The Bertz CT molecular complexity index is 512. The second-order valence-corrected chi connectivity index (χ2v) is 4.43. The number of nitrogens with one attached hydrogen (secondary N) is 1. The highest BCUT2D eigenvalue weighted by Gasteiger charge is 2.08. The third kappa shape index (κ3) is 2.15. The maximum absolute atomic E-state index is 5.47. The van der Waals surface area contributed by atoms with Crippen LogP contribution >= 0.6 is 11.3 Å². The van der Waals surface area contributed by atoms with Crippen molar-refractivity contribution in [2.45, 2.75) is 25.8 Å². The van der Waals surface area contributed by atoms with Crippen molar-refractivity contribution in [2.24, 2.45) is 0 Å². The molecule has 0 fully saturated rings. The molecular formula is C12H13N3S. The molecule has 16 heavy (non-hydrogen) atoms. The van der Waals surface area contributed by atoms with E-state index >= 15 is 0 Å². The van der Waals surface area contributed by atoms with Crippen molar-refractivity contribution < 1.29 is 0 Å². The highest BCUT2D eigenvalue weighted by atomic mass is 32.1. The molecule has 0 aliphatic heterocycles. The van der Waals surface area contributed by atoms with Crippen LogP contribution in [0.2, 0.25) is 0 Å². The van der Waals surface area contributed by atoms with Gasteiger partial charge in [0.05, 0.1) is 16.3 Å². The maximum Gasteiger partial charge on any atom is 0.148 e. The van der Waals surface area contributed by atoms with Crippen molar-refractivity contribution in [3.8, 4) is 12.3 Å². The molecule has 0 radical (unpaired) electrons. The Morgan fingerprint density at radius 2 is 2.44 bits per heavy atom. The van der Waals surface area contributed by atoms with E-state index in [0.29, 0.717) is 0 Å². The predicted octanol–water partition coefficient (Wildman–Crippen LogP) is 2.91. The molecule has 1 unspecified atom stereocenters. The van der Waals surface area contributed by atoms with Crippen LogP contribution in [0.25, 0.3) is 10.2 Å². The number of thiophene rings is 1. The molecule has 2 rings (SSSR count). The lowest BCUT2D eigenvalue weighted by atomic mass is 10.2. The molecule has 0 aliphatic carbocycles. The van der Waals surface area contributed by atoms with Gasteiger partial charge in [-0.15, -0.1) is 17.8 Å². The summed E-state index contributed by atoms with van der Waals surface area (Å²) in [6, 6.07) is 2.03. The predicted molar refractivity (Wildman–Crippen MR) is 68.6 cm³/mol. The molecule has 0 aliphatic rings. The number of anilines is 1. The van der Waals surface area contributed by atoms with E-state index in [9.17, 15) is 0 Å². The normalized spacial score (nSPS) is 12.2. The quantitative estimate of drug-likeness (QED) is 0.822. The van der Waals surface area contributed by atoms with E-state index < -0.39 is 0 Å². The SMILES string of the molecule is C#CC(CCC)Nc1ncnc2ccsc12. The lowest BCUT2D eigenvalue weighted by molar-refractivity contribution is 0.753. The van der Waals surface area contributed by atoms with Crippen LogP contribution in [-0.2, 0) is 0 Å². The summed E-state index contributed by atoms with van der Waals surface area (Å²) in [7, 11) is 0. The molecule has 3 nitrogen and oxygen atoms in total. The van der Waals surface area contributed by atoms with Crippen molar-refractivity contribution in [1.82, 2.24) is 9.97 Å². The van der Waals surface area contributed by atoms with Crippen LogP contribution in [0.15, 0.2) is 17.8 Å². The molecule has 2 aromatic rings. The van der Waals surface area contributed by atoms with Crippen LogP contribution < -0.4 is 5.32 Å². The van der Waals surface area contributed by atoms with Gasteiger partial charge >= 0.3 is 0 Å². The van der Waals surface area contributed by atoms with Crippen LogP contribution in [-0.4, -0.2) is 16.0 Å². The summed E-state index contributed by atoms with van der Waals surface area (Å²) in [5.41, 5.74) is 0.967. The minimum atomic E-state index is 0.0465. The van der Waals surface area contributed by atoms with Gasteiger partial charge in [0, 0.05) is 0 Å². The number of nitrogens with zero attached hydrogens (tertiary/aromatic N) is 2.